The van der Waals surface area contributed by atoms with Gasteiger partial charge in [0, 0.05) is 35.7 Å². The molecule has 0 unspecified atom stereocenters. The van der Waals surface area contributed by atoms with Crippen molar-refractivity contribution in [2.75, 3.05) is 27.3 Å². The number of rotatable bonds is 11. The fraction of sp³-hybridized carbons (Fsp3) is 0.351. The third kappa shape index (κ3) is 6.48. The molecule has 2 aromatic carbocycles. The molecule has 1 aliphatic carbocycles. The average Bonchev–Trinajstić information content (AvgIpc) is 3.88. The van der Waals surface area contributed by atoms with Crippen LogP contribution in [0.2, 0.25) is 5.02 Å². The number of fused-ring (bicyclic) bond motifs is 1. The number of amides is 1. The number of halogens is 2. The zero-order valence-corrected chi connectivity index (χ0v) is 29.3. The second-order valence-electron chi connectivity index (χ2n) is 12.2. The quantitative estimate of drug-likeness (QED) is 0.167. The zero-order valence-electron chi connectivity index (χ0n) is 26.9. The van der Waals surface area contributed by atoms with E-state index in [0.717, 1.165) is 101 Å². The lowest BCUT2D eigenvalue weighted by Crippen LogP contribution is -2.25. The number of pyridine rings is 2. The summed E-state index contributed by atoms with van der Waals surface area (Å²) in [5, 5.41) is 6.97. The van der Waals surface area contributed by atoms with Crippen LogP contribution in [0.1, 0.15) is 60.5 Å². The van der Waals surface area contributed by atoms with Gasteiger partial charge in [-0.2, -0.15) is 4.98 Å². The van der Waals surface area contributed by atoms with Crippen LogP contribution in [0.25, 0.3) is 22.4 Å². The van der Waals surface area contributed by atoms with Crippen LogP contribution in [0.4, 0.5) is 0 Å². The van der Waals surface area contributed by atoms with Gasteiger partial charge >= 0.3 is 0 Å². The highest BCUT2D eigenvalue weighted by atomic mass is 79.9. The van der Waals surface area contributed by atoms with Crippen molar-refractivity contribution in [1.29, 1.82) is 0 Å². The molecule has 1 amide bonds. The maximum absolute atomic E-state index is 11.5. The number of carbonyl (C=O) groups excluding carboxylic acids is 1. The minimum atomic E-state index is -0.169. The van der Waals surface area contributed by atoms with Crippen molar-refractivity contribution in [2.24, 2.45) is 4.99 Å². The van der Waals surface area contributed by atoms with E-state index in [1.807, 2.05) is 30.3 Å². The maximum Gasteiger partial charge on any atom is 0.231 e. The Balaban J connectivity index is 1.11. The van der Waals surface area contributed by atoms with E-state index < -0.39 is 0 Å². The molecule has 0 radical (unpaired) electrons. The first kappa shape index (κ1) is 32.4. The number of amidine groups is 1. The average molecular weight is 731 g/mol. The lowest BCUT2D eigenvalue weighted by atomic mass is 9.94. The van der Waals surface area contributed by atoms with Crippen molar-refractivity contribution in [3.05, 3.63) is 86.3 Å². The normalized spacial score (nSPS) is 18.2. The van der Waals surface area contributed by atoms with E-state index in [-0.39, 0.29) is 18.1 Å². The molecule has 2 aromatic heterocycles. The third-order valence-electron chi connectivity index (χ3n) is 9.28. The number of aliphatic imine (C=N–C) groups is 1. The number of ether oxygens (including phenoxy) is 3. The van der Waals surface area contributed by atoms with E-state index in [0.29, 0.717) is 29.1 Å². The maximum atomic E-state index is 11.5. The van der Waals surface area contributed by atoms with Crippen LogP contribution in [0.15, 0.2) is 64.1 Å². The molecule has 48 heavy (non-hydrogen) atoms. The Kier molecular flexibility index (Phi) is 9.55. The number of nitrogens with zero attached hydrogens (tertiary/aromatic N) is 3. The predicted molar refractivity (Wildman–Crippen MR) is 190 cm³/mol. The summed E-state index contributed by atoms with van der Waals surface area (Å²) >= 11 is 10.9. The smallest absolute Gasteiger partial charge is 0.231 e. The number of benzene rings is 2. The Morgan fingerprint density at radius 2 is 1.73 bits per heavy atom. The van der Waals surface area contributed by atoms with Crippen molar-refractivity contribution in [3.8, 4) is 40.0 Å². The van der Waals surface area contributed by atoms with Crippen LogP contribution < -0.4 is 24.8 Å². The first-order valence-corrected chi connectivity index (χ1v) is 17.5. The van der Waals surface area contributed by atoms with Crippen LogP contribution in [-0.4, -0.2) is 55.1 Å². The van der Waals surface area contributed by atoms with Crippen molar-refractivity contribution < 1.29 is 19.0 Å². The summed E-state index contributed by atoms with van der Waals surface area (Å²) in [6, 6.07) is 18.6. The molecular weight excluding hydrogens is 694 g/mol. The van der Waals surface area contributed by atoms with Gasteiger partial charge < -0.3 is 24.8 Å². The number of carbonyl (C=O) groups is 1. The summed E-state index contributed by atoms with van der Waals surface area (Å²) < 4.78 is 18.7. The van der Waals surface area contributed by atoms with Gasteiger partial charge in [-0.05, 0) is 89.3 Å². The van der Waals surface area contributed by atoms with E-state index in [2.05, 4.69) is 55.8 Å². The molecule has 2 N–H and O–H groups in total. The fourth-order valence-electron chi connectivity index (χ4n) is 6.93. The Hall–Kier alpha value is -4.15. The van der Waals surface area contributed by atoms with E-state index in [9.17, 15) is 4.79 Å². The molecule has 248 valence electrons. The molecule has 4 heterocycles. The minimum Gasteiger partial charge on any atom is -0.481 e. The van der Waals surface area contributed by atoms with Crippen LogP contribution in [0.5, 0.6) is 17.6 Å². The molecule has 0 bridgehead atoms. The van der Waals surface area contributed by atoms with Crippen molar-refractivity contribution in [3.63, 3.8) is 0 Å². The number of hydrogen-bond acceptors (Lipinski definition) is 8. The molecule has 1 saturated heterocycles. The molecule has 1 fully saturated rings. The summed E-state index contributed by atoms with van der Waals surface area (Å²) in [6.07, 6.45) is 5.68. The van der Waals surface area contributed by atoms with Crippen molar-refractivity contribution in [1.82, 2.24) is 20.6 Å². The summed E-state index contributed by atoms with van der Waals surface area (Å²) in [4.78, 5) is 25.6. The zero-order chi connectivity index (χ0) is 33.2. The van der Waals surface area contributed by atoms with E-state index in [1.54, 1.807) is 14.2 Å². The van der Waals surface area contributed by atoms with Gasteiger partial charge in [0.2, 0.25) is 23.5 Å². The SMILES string of the molecule is COc1nc(O[C@H]2CCc3c(-c4cccc(-c5ccc(C6=NCCN6)c(OC)n5)c4Cl)cccc32)c(Br)cc1CCC[C@@H]1CCC(=O)N1. The minimum absolute atomic E-state index is 0.147. The second-order valence-corrected chi connectivity index (χ2v) is 13.5. The highest BCUT2D eigenvalue weighted by molar-refractivity contribution is 9.10. The Labute approximate surface area is 293 Å². The molecule has 9 nitrogen and oxygen atoms in total. The third-order valence-corrected chi connectivity index (χ3v) is 10.3. The molecule has 0 spiro atoms. The van der Waals surface area contributed by atoms with Crippen LogP contribution in [-0.2, 0) is 17.6 Å². The van der Waals surface area contributed by atoms with Gasteiger partial charge in [-0.1, -0.05) is 48.0 Å². The number of aryl methyl sites for hydroxylation is 1. The lowest BCUT2D eigenvalue weighted by Gasteiger charge is -2.18. The van der Waals surface area contributed by atoms with Crippen LogP contribution >= 0.6 is 27.5 Å². The van der Waals surface area contributed by atoms with Gasteiger partial charge in [-0.15, -0.1) is 0 Å². The predicted octanol–water partition coefficient (Wildman–Crippen LogP) is 7.26. The number of nitrogens with one attached hydrogen (secondary N) is 2. The lowest BCUT2D eigenvalue weighted by molar-refractivity contribution is -0.119. The molecule has 3 aliphatic rings. The summed E-state index contributed by atoms with van der Waals surface area (Å²) in [5.74, 6) is 2.51. The first-order valence-electron chi connectivity index (χ1n) is 16.4. The first-order chi connectivity index (χ1) is 23.4. The molecule has 2 atom stereocenters. The molecule has 11 heteroatoms. The monoisotopic (exact) mass is 729 g/mol. The second kappa shape index (κ2) is 14.1. The number of aromatic nitrogens is 2. The van der Waals surface area contributed by atoms with Gasteiger partial charge in [0.15, 0.2) is 0 Å². The van der Waals surface area contributed by atoms with Crippen LogP contribution in [0.3, 0.4) is 0 Å². The number of methoxy groups -OCH3 is 2. The topological polar surface area (TPSA) is 107 Å². The van der Waals surface area contributed by atoms with E-state index in [1.165, 1.54) is 5.56 Å². The summed E-state index contributed by atoms with van der Waals surface area (Å²) in [6.45, 7) is 1.54. The molecule has 4 aromatic rings. The molecular formula is C37H37BrClN5O4. The van der Waals surface area contributed by atoms with E-state index in [4.69, 9.17) is 35.8 Å². The molecule has 0 saturated carbocycles. The largest absolute Gasteiger partial charge is 0.481 e. The van der Waals surface area contributed by atoms with Crippen molar-refractivity contribution >= 4 is 39.3 Å². The van der Waals surface area contributed by atoms with Gasteiger partial charge in [0.25, 0.3) is 0 Å². The highest BCUT2D eigenvalue weighted by Crippen LogP contribution is 2.45. The highest BCUT2D eigenvalue weighted by Gasteiger charge is 2.29. The van der Waals surface area contributed by atoms with Crippen LogP contribution in [0, 0.1) is 0 Å². The van der Waals surface area contributed by atoms with Crippen molar-refractivity contribution in [2.45, 2.75) is 57.1 Å². The molecule has 7 rings (SSSR count). The van der Waals surface area contributed by atoms with Gasteiger partial charge in [0.05, 0.1) is 41.5 Å². The standard InChI is InChI=1S/C37H37BrClN5O4/c1-46-35-21(6-3-7-22-12-17-32(45)42-22)20-29(38)37(44-35)48-31-16-14-24-23(8-4-9-25(24)31)26-10-5-11-27(33(26)39)30-15-13-28(36(43-30)47-2)34-40-18-19-41-34/h4-5,8-11,13,15,20,22,31H,3,6-7,12,14,16-19H2,1-2H3,(H,40,41)(H,42,45)/t22-,31+/m1/s1. The Morgan fingerprint density at radius 3 is 2.50 bits per heavy atom. The fourth-order valence-corrected chi connectivity index (χ4v) is 7.72. The van der Waals surface area contributed by atoms with E-state index >= 15 is 0 Å². The Bertz CT molecular complexity index is 1900. The van der Waals surface area contributed by atoms with Gasteiger partial charge in [0.1, 0.15) is 11.9 Å². The summed E-state index contributed by atoms with van der Waals surface area (Å²) in [7, 11) is 3.26. The molecule has 2 aliphatic heterocycles. The van der Waals surface area contributed by atoms with Gasteiger partial charge in [-0.3, -0.25) is 9.79 Å². The summed E-state index contributed by atoms with van der Waals surface area (Å²) in [5.41, 5.74) is 7.77. The Morgan fingerprint density at radius 1 is 0.917 bits per heavy atom. The van der Waals surface area contributed by atoms with Gasteiger partial charge in [-0.25, -0.2) is 4.98 Å². The number of hydrogen-bond donors (Lipinski definition) is 2.